The van der Waals surface area contributed by atoms with Gasteiger partial charge in [0.15, 0.2) is 0 Å². The van der Waals surface area contributed by atoms with Gasteiger partial charge in [0.05, 0.1) is 0 Å². The van der Waals surface area contributed by atoms with Crippen LogP contribution in [0.1, 0.15) is 24.8 Å². The normalized spacial score (nSPS) is 17.0. The van der Waals surface area contributed by atoms with Gasteiger partial charge in [-0.15, -0.1) is 0 Å². The highest BCUT2D eigenvalue weighted by Crippen LogP contribution is 2.25. The van der Waals surface area contributed by atoms with Gasteiger partial charge in [-0.3, -0.25) is 4.79 Å². The van der Waals surface area contributed by atoms with E-state index in [4.69, 9.17) is 0 Å². The SMILES string of the molecule is O=C(O)[C@@H](Cc1c[nH]c2ccccc12)NCC1CCC1. The van der Waals surface area contributed by atoms with E-state index in [9.17, 15) is 9.90 Å². The summed E-state index contributed by atoms with van der Waals surface area (Å²) in [7, 11) is 0. The van der Waals surface area contributed by atoms with Gasteiger partial charge < -0.3 is 15.4 Å². The molecular weight excluding hydrogens is 252 g/mol. The number of rotatable bonds is 6. The number of aromatic amines is 1. The molecule has 4 heteroatoms. The van der Waals surface area contributed by atoms with Gasteiger partial charge >= 0.3 is 5.97 Å². The van der Waals surface area contributed by atoms with Gasteiger partial charge in [0.2, 0.25) is 0 Å². The molecule has 2 aromatic rings. The highest BCUT2D eigenvalue weighted by Gasteiger charge is 2.23. The molecule has 4 nitrogen and oxygen atoms in total. The van der Waals surface area contributed by atoms with Crippen molar-refractivity contribution < 1.29 is 9.90 Å². The van der Waals surface area contributed by atoms with Gasteiger partial charge in [-0.1, -0.05) is 24.6 Å². The van der Waals surface area contributed by atoms with Crippen LogP contribution in [-0.2, 0) is 11.2 Å². The highest BCUT2D eigenvalue weighted by molar-refractivity contribution is 5.84. The molecule has 0 radical (unpaired) electrons. The number of H-pyrrole nitrogens is 1. The zero-order valence-electron chi connectivity index (χ0n) is 11.4. The Bertz CT molecular complexity index is 601. The lowest BCUT2D eigenvalue weighted by atomic mass is 9.85. The largest absolute Gasteiger partial charge is 0.480 e. The van der Waals surface area contributed by atoms with Crippen molar-refractivity contribution in [1.82, 2.24) is 10.3 Å². The number of aromatic nitrogens is 1. The molecule has 0 spiro atoms. The average molecular weight is 272 g/mol. The summed E-state index contributed by atoms with van der Waals surface area (Å²) in [4.78, 5) is 14.6. The first-order valence-electron chi connectivity index (χ1n) is 7.25. The third kappa shape index (κ3) is 2.70. The van der Waals surface area contributed by atoms with E-state index in [0.29, 0.717) is 12.3 Å². The lowest BCUT2D eigenvalue weighted by Crippen LogP contribution is -2.42. The smallest absolute Gasteiger partial charge is 0.321 e. The molecule has 1 saturated carbocycles. The lowest BCUT2D eigenvalue weighted by Gasteiger charge is -2.27. The molecule has 1 fully saturated rings. The molecule has 3 rings (SSSR count). The Labute approximate surface area is 118 Å². The van der Waals surface area contributed by atoms with Crippen LogP contribution in [0.3, 0.4) is 0 Å². The maximum absolute atomic E-state index is 11.4. The number of para-hydroxylation sites is 1. The number of hydrogen-bond acceptors (Lipinski definition) is 2. The number of carboxylic acids is 1. The summed E-state index contributed by atoms with van der Waals surface area (Å²) in [5, 5.41) is 13.7. The van der Waals surface area contributed by atoms with Crippen LogP contribution < -0.4 is 5.32 Å². The quantitative estimate of drug-likeness (QED) is 0.757. The molecule has 1 heterocycles. The summed E-state index contributed by atoms with van der Waals surface area (Å²) in [6.07, 6.45) is 6.18. The fourth-order valence-corrected chi connectivity index (χ4v) is 2.77. The maximum Gasteiger partial charge on any atom is 0.321 e. The number of carboxylic acid groups (broad SMARTS) is 1. The van der Waals surface area contributed by atoms with Crippen LogP contribution in [0.4, 0.5) is 0 Å². The number of benzene rings is 1. The minimum absolute atomic E-state index is 0.505. The van der Waals surface area contributed by atoms with E-state index in [0.717, 1.165) is 23.0 Å². The Hall–Kier alpha value is -1.81. The summed E-state index contributed by atoms with van der Waals surface area (Å²) in [6, 6.07) is 7.50. The van der Waals surface area contributed by atoms with Crippen molar-refractivity contribution in [2.24, 2.45) is 5.92 Å². The van der Waals surface area contributed by atoms with Crippen LogP contribution in [0.5, 0.6) is 0 Å². The second-order valence-corrected chi connectivity index (χ2v) is 5.66. The topological polar surface area (TPSA) is 65.1 Å². The summed E-state index contributed by atoms with van der Waals surface area (Å²) < 4.78 is 0. The summed E-state index contributed by atoms with van der Waals surface area (Å²) >= 11 is 0. The second-order valence-electron chi connectivity index (χ2n) is 5.66. The van der Waals surface area contributed by atoms with Crippen LogP contribution in [0, 0.1) is 5.92 Å². The molecule has 0 bridgehead atoms. The van der Waals surface area contributed by atoms with Crippen LogP contribution in [0.2, 0.25) is 0 Å². The van der Waals surface area contributed by atoms with E-state index in [-0.39, 0.29) is 0 Å². The van der Waals surface area contributed by atoms with Crippen molar-refractivity contribution in [3.05, 3.63) is 36.0 Å². The highest BCUT2D eigenvalue weighted by atomic mass is 16.4. The molecule has 0 aliphatic heterocycles. The molecule has 1 aromatic carbocycles. The van der Waals surface area contributed by atoms with E-state index >= 15 is 0 Å². The predicted octanol–water partition coefficient (Wildman–Crippen LogP) is 2.55. The van der Waals surface area contributed by atoms with Gasteiger partial charge in [0.1, 0.15) is 6.04 Å². The molecule has 0 unspecified atom stereocenters. The fraction of sp³-hybridized carbons (Fsp3) is 0.438. The molecular formula is C16H20N2O2. The van der Waals surface area contributed by atoms with Crippen molar-refractivity contribution in [3.63, 3.8) is 0 Å². The summed E-state index contributed by atoms with van der Waals surface area (Å²) in [5.41, 5.74) is 2.12. The average Bonchev–Trinajstić information content (AvgIpc) is 2.79. The molecule has 3 N–H and O–H groups in total. The lowest BCUT2D eigenvalue weighted by molar-refractivity contribution is -0.139. The van der Waals surface area contributed by atoms with Crippen molar-refractivity contribution >= 4 is 16.9 Å². The Morgan fingerprint density at radius 1 is 1.40 bits per heavy atom. The Morgan fingerprint density at radius 3 is 2.90 bits per heavy atom. The number of nitrogens with one attached hydrogen (secondary N) is 2. The van der Waals surface area contributed by atoms with Gasteiger partial charge in [-0.2, -0.15) is 0 Å². The van der Waals surface area contributed by atoms with Crippen molar-refractivity contribution in [2.45, 2.75) is 31.7 Å². The Kier molecular flexibility index (Phi) is 3.74. The number of hydrogen-bond donors (Lipinski definition) is 3. The van der Waals surface area contributed by atoms with Gasteiger partial charge in [0, 0.05) is 23.5 Å². The summed E-state index contributed by atoms with van der Waals surface area (Å²) in [6.45, 7) is 0.819. The first kappa shape index (κ1) is 13.2. The van der Waals surface area contributed by atoms with E-state index in [2.05, 4.69) is 10.3 Å². The standard InChI is InChI=1S/C16H20N2O2/c19-16(20)15(17-9-11-4-3-5-11)8-12-10-18-14-7-2-1-6-13(12)14/h1-2,6-7,10-11,15,17-18H,3-5,8-9H2,(H,19,20)/t15-/m1/s1. The molecule has 0 saturated heterocycles. The first-order chi connectivity index (χ1) is 9.74. The molecule has 20 heavy (non-hydrogen) atoms. The van der Waals surface area contributed by atoms with Gasteiger partial charge in [-0.25, -0.2) is 0 Å². The van der Waals surface area contributed by atoms with E-state index in [1.807, 2.05) is 30.5 Å². The molecule has 0 amide bonds. The third-order valence-electron chi connectivity index (χ3n) is 4.27. The minimum Gasteiger partial charge on any atom is -0.480 e. The van der Waals surface area contributed by atoms with E-state index < -0.39 is 12.0 Å². The number of fused-ring (bicyclic) bond motifs is 1. The zero-order chi connectivity index (χ0) is 13.9. The molecule has 1 aliphatic rings. The van der Waals surface area contributed by atoms with E-state index in [1.165, 1.54) is 19.3 Å². The van der Waals surface area contributed by atoms with Crippen LogP contribution in [0.15, 0.2) is 30.5 Å². The summed E-state index contributed by atoms with van der Waals surface area (Å²) in [5.74, 6) is -0.102. The van der Waals surface area contributed by atoms with Crippen molar-refractivity contribution in [1.29, 1.82) is 0 Å². The van der Waals surface area contributed by atoms with E-state index in [1.54, 1.807) is 0 Å². The number of carbonyl (C=O) groups is 1. The Morgan fingerprint density at radius 2 is 2.20 bits per heavy atom. The van der Waals surface area contributed by atoms with Gasteiger partial charge in [-0.05, 0) is 36.9 Å². The Balaban J connectivity index is 1.70. The monoisotopic (exact) mass is 272 g/mol. The molecule has 106 valence electrons. The third-order valence-corrected chi connectivity index (χ3v) is 4.27. The molecule has 1 aromatic heterocycles. The molecule has 1 atom stereocenters. The van der Waals surface area contributed by atoms with Crippen LogP contribution in [-0.4, -0.2) is 28.6 Å². The maximum atomic E-state index is 11.4. The second kappa shape index (κ2) is 5.67. The number of aliphatic carboxylic acids is 1. The van der Waals surface area contributed by atoms with Crippen LogP contribution in [0.25, 0.3) is 10.9 Å². The fourth-order valence-electron chi connectivity index (χ4n) is 2.77. The van der Waals surface area contributed by atoms with Crippen molar-refractivity contribution in [2.75, 3.05) is 6.54 Å². The van der Waals surface area contributed by atoms with Gasteiger partial charge in [0.25, 0.3) is 0 Å². The zero-order valence-corrected chi connectivity index (χ0v) is 11.4. The molecule has 1 aliphatic carbocycles. The first-order valence-corrected chi connectivity index (χ1v) is 7.25. The predicted molar refractivity (Wildman–Crippen MR) is 78.8 cm³/mol. The van der Waals surface area contributed by atoms with Crippen molar-refractivity contribution in [3.8, 4) is 0 Å². The van der Waals surface area contributed by atoms with Crippen LogP contribution >= 0.6 is 0 Å². The minimum atomic E-state index is -0.769.